The molecule has 1 rings (SSSR count). The maximum absolute atomic E-state index is 2.29. The first-order valence-corrected chi connectivity index (χ1v) is 3.54. The quantitative estimate of drug-likeness (QED) is 0.428. The van der Waals surface area contributed by atoms with Crippen molar-refractivity contribution in [2.75, 3.05) is 6.16 Å². The van der Waals surface area contributed by atoms with E-state index in [0.717, 1.165) is 0 Å². The summed E-state index contributed by atoms with van der Waals surface area (Å²) in [5, 5.41) is 0. The molecule has 0 bridgehead atoms. The molecule has 1 heteroatoms. The highest BCUT2D eigenvalue weighted by atomic mass is 31.1. The fourth-order valence-corrected chi connectivity index (χ4v) is 1.06. The minimum Gasteiger partial charge on any atom is -0.0608 e. The Morgan fingerprint density at radius 2 is 2.20 bits per heavy atom. The molecule has 0 fully saturated rings. The van der Waals surface area contributed by atoms with Gasteiger partial charge in [0.15, 0.2) is 0 Å². The third-order valence-electron chi connectivity index (χ3n) is 0.725. The van der Waals surface area contributed by atoms with E-state index in [1.54, 1.807) is 0 Å². The Morgan fingerprint density at radius 1 is 1.60 bits per heavy atom. The van der Waals surface area contributed by atoms with Gasteiger partial charge in [-0.3, -0.25) is 0 Å². The standard InChI is InChI=1S/C4H7P/c1-2-5-3-4-5/h3-4H,2H2,1H3. The molecule has 5 heavy (non-hydrogen) atoms. The van der Waals surface area contributed by atoms with E-state index < -0.39 is 0 Å². The predicted molar refractivity (Wildman–Crippen MR) is 26.6 cm³/mol. The van der Waals surface area contributed by atoms with Crippen LogP contribution in [0.5, 0.6) is 0 Å². The lowest BCUT2D eigenvalue weighted by molar-refractivity contribution is 1.52. The summed E-state index contributed by atoms with van der Waals surface area (Å²) in [4.78, 5) is 0. The third kappa shape index (κ3) is 0.735. The van der Waals surface area contributed by atoms with E-state index in [9.17, 15) is 0 Å². The summed E-state index contributed by atoms with van der Waals surface area (Å²) in [6.45, 7) is 2.23. The van der Waals surface area contributed by atoms with Crippen LogP contribution in [0, 0.1) is 0 Å². The molecule has 0 aliphatic carbocycles. The Bertz CT molecular complexity index is 50.7. The number of rotatable bonds is 1. The second kappa shape index (κ2) is 1.10. The van der Waals surface area contributed by atoms with Crippen molar-refractivity contribution in [3.05, 3.63) is 11.6 Å². The molecule has 0 atom stereocenters. The van der Waals surface area contributed by atoms with Gasteiger partial charge in [0.2, 0.25) is 0 Å². The van der Waals surface area contributed by atoms with Gasteiger partial charge < -0.3 is 0 Å². The Labute approximate surface area is 33.6 Å². The van der Waals surface area contributed by atoms with Crippen molar-refractivity contribution in [2.24, 2.45) is 0 Å². The van der Waals surface area contributed by atoms with E-state index in [0.29, 0.717) is 7.92 Å². The third-order valence-corrected chi connectivity index (χ3v) is 2.18. The Morgan fingerprint density at radius 3 is 2.20 bits per heavy atom. The topological polar surface area (TPSA) is 0 Å². The molecule has 1 heterocycles. The molecule has 0 saturated carbocycles. The first-order valence-electron chi connectivity index (χ1n) is 1.87. The van der Waals surface area contributed by atoms with Crippen molar-refractivity contribution < 1.29 is 0 Å². The molecule has 0 unspecified atom stereocenters. The molecule has 0 saturated heterocycles. The average Bonchev–Trinajstić information content (AvgIpc) is 2.12. The van der Waals surface area contributed by atoms with E-state index in [1.807, 2.05) is 0 Å². The van der Waals surface area contributed by atoms with Crippen molar-refractivity contribution in [3.8, 4) is 0 Å². The van der Waals surface area contributed by atoms with Crippen LogP contribution in [-0.2, 0) is 0 Å². The molecule has 0 spiro atoms. The lowest BCUT2D eigenvalue weighted by Gasteiger charge is -1.76. The van der Waals surface area contributed by atoms with Crippen LogP contribution in [0.15, 0.2) is 11.6 Å². The molecular formula is C4H7P. The van der Waals surface area contributed by atoms with Crippen LogP contribution in [0.3, 0.4) is 0 Å². The van der Waals surface area contributed by atoms with Crippen LogP contribution >= 0.6 is 7.92 Å². The molecule has 0 nitrogen and oxygen atoms in total. The largest absolute Gasteiger partial charge is 0.0608 e. The van der Waals surface area contributed by atoms with Gasteiger partial charge in [-0.25, -0.2) is 0 Å². The normalized spacial score (nSPS) is 20.2. The summed E-state index contributed by atoms with van der Waals surface area (Å²) in [6.07, 6.45) is 1.37. The molecule has 0 aromatic heterocycles. The van der Waals surface area contributed by atoms with Gasteiger partial charge in [-0.2, -0.15) is 0 Å². The Kier molecular flexibility index (Phi) is 0.740. The molecule has 28 valence electrons. The molecule has 1 aliphatic heterocycles. The first-order chi connectivity index (χ1) is 2.43. The summed E-state index contributed by atoms with van der Waals surface area (Å²) in [7, 11) is 0.402. The van der Waals surface area contributed by atoms with Gasteiger partial charge in [-0.1, -0.05) is 26.5 Å². The van der Waals surface area contributed by atoms with E-state index in [-0.39, 0.29) is 0 Å². The molecule has 0 aromatic carbocycles. The van der Waals surface area contributed by atoms with Crippen LogP contribution in [0.4, 0.5) is 0 Å². The minimum absolute atomic E-state index is 0.402. The lowest BCUT2D eigenvalue weighted by Crippen LogP contribution is -1.49. The van der Waals surface area contributed by atoms with Gasteiger partial charge >= 0.3 is 0 Å². The monoisotopic (exact) mass is 86.0 g/mol. The number of hydrogen-bond donors (Lipinski definition) is 0. The zero-order valence-corrected chi connectivity index (χ0v) is 4.20. The summed E-state index contributed by atoms with van der Waals surface area (Å²) < 4.78 is 0. The number of hydrogen-bond acceptors (Lipinski definition) is 0. The van der Waals surface area contributed by atoms with Crippen molar-refractivity contribution in [2.45, 2.75) is 6.92 Å². The highest BCUT2D eigenvalue weighted by Gasteiger charge is 2.03. The smallest absolute Gasteiger partial charge is 0.0285 e. The van der Waals surface area contributed by atoms with Crippen LogP contribution in [-0.4, -0.2) is 6.16 Å². The van der Waals surface area contributed by atoms with Gasteiger partial charge in [-0.05, 0) is 6.16 Å². The maximum Gasteiger partial charge on any atom is -0.0285 e. The van der Waals surface area contributed by atoms with Gasteiger partial charge in [0.05, 0.1) is 0 Å². The zero-order valence-electron chi connectivity index (χ0n) is 3.31. The van der Waals surface area contributed by atoms with Crippen molar-refractivity contribution in [3.63, 3.8) is 0 Å². The first kappa shape index (κ1) is 3.36. The summed E-state index contributed by atoms with van der Waals surface area (Å²) in [5.41, 5.74) is 0. The van der Waals surface area contributed by atoms with Crippen LogP contribution in [0.1, 0.15) is 6.92 Å². The SMILES string of the molecule is CCP1C=C1. The van der Waals surface area contributed by atoms with Gasteiger partial charge in [0.25, 0.3) is 0 Å². The molecule has 0 N–H and O–H groups in total. The molecule has 1 aliphatic rings. The van der Waals surface area contributed by atoms with E-state index >= 15 is 0 Å². The van der Waals surface area contributed by atoms with Gasteiger partial charge in [0.1, 0.15) is 0 Å². The molecular weight excluding hydrogens is 79.0 g/mol. The summed E-state index contributed by atoms with van der Waals surface area (Å²) in [5.74, 6) is 4.57. The Hall–Kier alpha value is 0.170. The van der Waals surface area contributed by atoms with Crippen molar-refractivity contribution in [1.29, 1.82) is 0 Å². The van der Waals surface area contributed by atoms with E-state index in [2.05, 4.69) is 18.6 Å². The van der Waals surface area contributed by atoms with Crippen LogP contribution in [0.25, 0.3) is 0 Å². The fourth-order valence-electron chi connectivity index (χ4n) is 0.258. The zero-order chi connectivity index (χ0) is 3.70. The van der Waals surface area contributed by atoms with Crippen LogP contribution in [0.2, 0.25) is 0 Å². The van der Waals surface area contributed by atoms with Gasteiger partial charge in [0, 0.05) is 0 Å². The lowest BCUT2D eigenvalue weighted by atomic mass is 11.0. The average molecular weight is 86.1 g/mol. The van der Waals surface area contributed by atoms with Crippen molar-refractivity contribution in [1.82, 2.24) is 0 Å². The predicted octanol–water partition coefficient (Wildman–Crippen LogP) is 1.97. The second-order valence-corrected chi connectivity index (χ2v) is 3.39. The molecule has 0 radical (unpaired) electrons. The minimum atomic E-state index is 0.402. The highest BCUT2D eigenvalue weighted by molar-refractivity contribution is 7.70. The van der Waals surface area contributed by atoms with Crippen LogP contribution < -0.4 is 0 Å². The molecule has 0 amide bonds. The molecule has 0 aromatic rings. The van der Waals surface area contributed by atoms with E-state index in [4.69, 9.17) is 0 Å². The Balaban J connectivity index is 2.06. The van der Waals surface area contributed by atoms with Gasteiger partial charge in [-0.15, -0.1) is 0 Å². The summed E-state index contributed by atoms with van der Waals surface area (Å²) >= 11 is 0. The van der Waals surface area contributed by atoms with E-state index in [1.165, 1.54) is 6.16 Å². The fraction of sp³-hybridized carbons (Fsp3) is 0.500. The maximum atomic E-state index is 2.29. The summed E-state index contributed by atoms with van der Waals surface area (Å²) in [6, 6.07) is 0. The highest BCUT2D eigenvalue weighted by Crippen LogP contribution is 2.51. The van der Waals surface area contributed by atoms with Crippen molar-refractivity contribution >= 4 is 7.92 Å². The second-order valence-electron chi connectivity index (χ2n) is 1.13.